The van der Waals surface area contributed by atoms with E-state index < -0.39 is 0 Å². The van der Waals surface area contributed by atoms with Gasteiger partial charge in [0.05, 0.1) is 23.0 Å². The van der Waals surface area contributed by atoms with Gasteiger partial charge in [-0.15, -0.1) is 23.1 Å². The summed E-state index contributed by atoms with van der Waals surface area (Å²) in [6, 6.07) is 10.7. The van der Waals surface area contributed by atoms with E-state index in [1.165, 1.54) is 9.77 Å². The standard InChI is InChI=1S/C15H17NOS2/c1-10-9-13(11-7-8-18-15(11)19-10)16-12-5-3-4-6-14(12)17-2/h3-8,10,13,16H,9H2,1-2H3/t10-,13?/m0/s1. The summed E-state index contributed by atoms with van der Waals surface area (Å²) in [5.41, 5.74) is 2.50. The Bertz CT molecular complexity index is 567. The molecule has 0 bridgehead atoms. The second-order valence-electron chi connectivity index (χ2n) is 4.72. The predicted molar refractivity (Wildman–Crippen MR) is 83.6 cm³/mol. The van der Waals surface area contributed by atoms with Crippen molar-refractivity contribution in [3.05, 3.63) is 41.3 Å². The maximum Gasteiger partial charge on any atom is 0.141 e. The van der Waals surface area contributed by atoms with E-state index in [1.807, 2.05) is 41.3 Å². The summed E-state index contributed by atoms with van der Waals surface area (Å²) >= 11 is 3.84. The zero-order chi connectivity index (χ0) is 13.2. The van der Waals surface area contributed by atoms with Crippen LogP contribution in [0.5, 0.6) is 5.75 Å². The summed E-state index contributed by atoms with van der Waals surface area (Å²) < 4.78 is 6.87. The van der Waals surface area contributed by atoms with Gasteiger partial charge in [-0.05, 0) is 35.6 Å². The van der Waals surface area contributed by atoms with Crippen LogP contribution >= 0.6 is 23.1 Å². The Morgan fingerprint density at radius 3 is 2.95 bits per heavy atom. The van der Waals surface area contributed by atoms with E-state index in [4.69, 9.17) is 4.74 Å². The van der Waals surface area contributed by atoms with Crippen molar-refractivity contribution in [1.82, 2.24) is 0 Å². The van der Waals surface area contributed by atoms with Crippen LogP contribution in [0.15, 0.2) is 39.9 Å². The highest BCUT2D eigenvalue weighted by Gasteiger charge is 2.26. The Morgan fingerprint density at radius 2 is 2.11 bits per heavy atom. The monoisotopic (exact) mass is 291 g/mol. The molecule has 0 amide bonds. The minimum atomic E-state index is 0.383. The number of thiophene rings is 1. The second-order valence-corrected chi connectivity index (χ2v) is 7.35. The van der Waals surface area contributed by atoms with Crippen LogP contribution in [0.2, 0.25) is 0 Å². The second kappa shape index (κ2) is 5.47. The summed E-state index contributed by atoms with van der Waals surface area (Å²) in [6.07, 6.45) is 1.15. The SMILES string of the molecule is COc1ccccc1NC1C[C@H](C)Sc2sccc21. The summed E-state index contributed by atoms with van der Waals surface area (Å²) in [5.74, 6) is 0.908. The van der Waals surface area contributed by atoms with Crippen molar-refractivity contribution in [2.24, 2.45) is 0 Å². The number of fused-ring (bicyclic) bond motifs is 1. The van der Waals surface area contributed by atoms with Gasteiger partial charge in [0.25, 0.3) is 0 Å². The minimum absolute atomic E-state index is 0.383. The average molecular weight is 291 g/mol. The molecule has 1 aromatic carbocycles. The van der Waals surface area contributed by atoms with E-state index in [9.17, 15) is 0 Å². The van der Waals surface area contributed by atoms with Gasteiger partial charge in [-0.3, -0.25) is 0 Å². The fraction of sp³-hybridized carbons (Fsp3) is 0.333. The van der Waals surface area contributed by atoms with E-state index in [1.54, 1.807) is 7.11 Å². The van der Waals surface area contributed by atoms with Crippen molar-refractivity contribution >= 4 is 28.8 Å². The molecule has 2 atom stereocenters. The predicted octanol–water partition coefficient (Wildman–Crippen LogP) is 4.79. The molecule has 1 aromatic heterocycles. The van der Waals surface area contributed by atoms with Gasteiger partial charge in [-0.25, -0.2) is 0 Å². The highest BCUT2D eigenvalue weighted by Crippen LogP contribution is 2.45. The summed E-state index contributed by atoms with van der Waals surface area (Å²) in [4.78, 5) is 0. The molecular formula is C15H17NOS2. The largest absolute Gasteiger partial charge is 0.495 e. The van der Waals surface area contributed by atoms with Gasteiger partial charge in [-0.1, -0.05) is 19.1 Å². The van der Waals surface area contributed by atoms with Crippen molar-refractivity contribution < 1.29 is 4.74 Å². The molecule has 1 aliphatic heterocycles. The lowest BCUT2D eigenvalue weighted by molar-refractivity contribution is 0.415. The molecule has 0 radical (unpaired) electrons. The van der Waals surface area contributed by atoms with E-state index in [0.717, 1.165) is 17.9 Å². The topological polar surface area (TPSA) is 21.3 Å². The molecule has 0 saturated carbocycles. The molecule has 0 spiro atoms. The molecule has 1 unspecified atom stereocenters. The van der Waals surface area contributed by atoms with Crippen LogP contribution in [0.1, 0.15) is 24.9 Å². The minimum Gasteiger partial charge on any atom is -0.495 e. The molecular weight excluding hydrogens is 274 g/mol. The normalized spacial score (nSPS) is 21.8. The van der Waals surface area contributed by atoms with Crippen molar-refractivity contribution in [2.75, 3.05) is 12.4 Å². The highest BCUT2D eigenvalue weighted by atomic mass is 32.2. The van der Waals surface area contributed by atoms with Gasteiger partial charge >= 0.3 is 0 Å². The van der Waals surface area contributed by atoms with Crippen LogP contribution in [0.3, 0.4) is 0 Å². The van der Waals surface area contributed by atoms with Crippen molar-refractivity contribution in [1.29, 1.82) is 0 Å². The van der Waals surface area contributed by atoms with Crippen LogP contribution in [0, 0.1) is 0 Å². The third-order valence-corrected chi connectivity index (χ3v) is 5.69. The first-order valence-electron chi connectivity index (χ1n) is 6.41. The number of anilines is 1. The highest BCUT2D eigenvalue weighted by molar-refractivity contribution is 8.01. The van der Waals surface area contributed by atoms with Gasteiger partial charge in [-0.2, -0.15) is 0 Å². The molecule has 1 N–H and O–H groups in total. The Kier molecular flexibility index (Phi) is 3.71. The molecule has 4 heteroatoms. The van der Waals surface area contributed by atoms with Crippen LogP contribution in [0.4, 0.5) is 5.69 Å². The molecule has 0 saturated heterocycles. The number of benzene rings is 1. The molecule has 0 fully saturated rings. The average Bonchev–Trinajstić information content (AvgIpc) is 2.87. The first-order valence-corrected chi connectivity index (χ1v) is 8.17. The summed E-state index contributed by atoms with van der Waals surface area (Å²) in [6.45, 7) is 2.30. The lowest BCUT2D eigenvalue weighted by Crippen LogP contribution is -2.19. The first kappa shape index (κ1) is 12.9. The molecule has 0 aliphatic carbocycles. The van der Waals surface area contributed by atoms with Crippen molar-refractivity contribution in [3.8, 4) is 5.75 Å². The third-order valence-electron chi connectivity index (χ3n) is 3.35. The number of rotatable bonds is 3. The Labute approximate surface area is 122 Å². The van der Waals surface area contributed by atoms with Crippen LogP contribution in [0.25, 0.3) is 0 Å². The Hall–Kier alpha value is -1.13. The maximum atomic E-state index is 5.42. The van der Waals surface area contributed by atoms with E-state index >= 15 is 0 Å². The van der Waals surface area contributed by atoms with Gasteiger partial charge < -0.3 is 10.1 Å². The van der Waals surface area contributed by atoms with Gasteiger partial charge in [0.1, 0.15) is 5.75 Å². The smallest absolute Gasteiger partial charge is 0.141 e. The molecule has 3 rings (SSSR count). The van der Waals surface area contributed by atoms with E-state index in [0.29, 0.717) is 11.3 Å². The van der Waals surface area contributed by atoms with Crippen LogP contribution in [-0.2, 0) is 0 Å². The molecule has 100 valence electrons. The summed E-state index contributed by atoms with van der Waals surface area (Å²) in [5, 5.41) is 6.48. The zero-order valence-electron chi connectivity index (χ0n) is 11.1. The number of hydrogen-bond donors (Lipinski definition) is 1. The molecule has 1 aliphatic rings. The van der Waals surface area contributed by atoms with Crippen molar-refractivity contribution in [2.45, 2.75) is 28.8 Å². The molecule has 2 aromatic rings. The van der Waals surface area contributed by atoms with Gasteiger partial charge in [0.15, 0.2) is 0 Å². The van der Waals surface area contributed by atoms with E-state index in [-0.39, 0.29) is 0 Å². The fourth-order valence-electron chi connectivity index (χ4n) is 2.44. The van der Waals surface area contributed by atoms with Crippen LogP contribution < -0.4 is 10.1 Å². The number of methoxy groups -OCH3 is 1. The number of hydrogen-bond acceptors (Lipinski definition) is 4. The molecule has 19 heavy (non-hydrogen) atoms. The Morgan fingerprint density at radius 1 is 1.26 bits per heavy atom. The molecule has 2 nitrogen and oxygen atoms in total. The lowest BCUT2D eigenvalue weighted by atomic mass is 10.0. The number of para-hydroxylation sites is 2. The van der Waals surface area contributed by atoms with Crippen LogP contribution in [-0.4, -0.2) is 12.4 Å². The lowest BCUT2D eigenvalue weighted by Gasteiger charge is -2.28. The quantitative estimate of drug-likeness (QED) is 0.878. The third kappa shape index (κ3) is 2.60. The van der Waals surface area contributed by atoms with Gasteiger partial charge in [0, 0.05) is 5.25 Å². The number of nitrogens with one attached hydrogen (secondary N) is 1. The zero-order valence-corrected chi connectivity index (χ0v) is 12.7. The first-order chi connectivity index (χ1) is 9.28. The maximum absolute atomic E-state index is 5.42. The molecule has 2 heterocycles. The fourth-order valence-corrected chi connectivity index (χ4v) is 5.00. The number of ether oxygens (including phenoxy) is 1. The van der Waals surface area contributed by atoms with Gasteiger partial charge in [0.2, 0.25) is 0 Å². The van der Waals surface area contributed by atoms with Crippen molar-refractivity contribution in [3.63, 3.8) is 0 Å². The van der Waals surface area contributed by atoms with E-state index in [2.05, 4.69) is 29.8 Å². The Balaban J connectivity index is 1.88. The number of thioether (sulfide) groups is 1. The summed E-state index contributed by atoms with van der Waals surface area (Å²) in [7, 11) is 1.72.